The SMILES string of the molecule is CC1CCC(Oc2ccncc2[N+](=O)[O-])CC1.O=[N+]([O-])c1cnccc1OC1CCC(O)CC1. The van der Waals surface area contributed by atoms with E-state index in [9.17, 15) is 25.3 Å². The molecule has 0 amide bonds. The van der Waals surface area contributed by atoms with Crippen molar-refractivity contribution >= 4 is 11.4 Å². The van der Waals surface area contributed by atoms with Crippen LogP contribution in [0.4, 0.5) is 11.4 Å². The fourth-order valence-corrected chi connectivity index (χ4v) is 4.09. The predicted octanol–water partition coefficient (Wildman–Crippen LogP) is 4.62. The van der Waals surface area contributed by atoms with Crippen LogP contribution in [0.15, 0.2) is 36.9 Å². The maximum Gasteiger partial charge on any atom is 0.329 e. The second kappa shape index (κ2) is 12.2. The maximum atomic E-state index is 10.8. The van der Waals surface area contributed by atoms with Gasteiger partial charge in [0.05, 0.1) is 28.2 Å². The van der Waals surface area contributed by atoms with Crippen LogP contribution in [0.3, 0.4) is 0 Å². The minimum absolute atomic E-state index is 0.0499. The molecule has 0 spiro atoms. The molecule has 11 heteroatoms. The van der Waals surface area contributed by atoms with Gasteiger partial charge in [-0.05, 0) is 57.3 Å². The Hall–Kier alpha value is -3.34. The summed E-state index contributed by atoms with van der Waals surface area (Å²) < 4.78 is 11.3. The second-order valence-electron chi connectivity index (χ2n) is 8.75. The summed E-state index contributed by atoms with van der Waals surface area (Å²) in [6, 6.07) is 3.07. The number of pyridine rings is 2. The van der Waals surface area contributed by atoms with Gasteiger partial charge in [-0.3, -0.25) is 30.2 Å². The first-order valence-corrected chi connectivity index (χ1v) is 11.5. The van der Waals surface area contributed by atoms with Crippen molar-refractivity contribution < 1.29 is 24.4 Å². The van der Waals surface area contributed by atoms with Crippen molar-refractivity contribution in [2.75, 3.05) is 0 Å². The molecule has 0 unspecified atom stereocenters. The van der Waals surface area contributed by atoms with Gasteiger partial charge in [-0.25, -0.2) is 0 Å². The van der Waals surface area contributed by atoms with E-state index in [0.717, 1.165) is 44.4 Å². The molecule has 0 aliphatic heterocycles. The van der Waals surface area contributed by atoms with E-state index in [1.54, 1.807) is 6.07 Å². The van der Waals surface area contributed by atoms with E-state index >= 15 is 0 Å². The number of rotatable bonds is 6. The molecule has 2 heterocycles. The summed E-state index contributed by atoms with van der Waals surface area (Å²) in [5, 5.41) is 30.9. The number of hydrogen-bond donors (Lipinski definition) is 1. The highest BCUT2D eigenvalue weighted by molar-refractivity contribution is 5.43. The van der Waals surface area contributed by atoms with Gasteiger partial charge in [-0.15, -0.1) is 0 Å². The summed E-state index contributed by atoms with van der Waals surface area (Å²) in [4.78, 5) is 28.1. The Morgan fingerprint density at radius 1 is 0.794 bits per heavy atom. The van der Waals surface area contributed by atoms with Crippen LogP contribution in [0, 0.1) is 26.1 Å². The minimum Gasteiger partial charge on any atom is -0.483 e. The molecular weight excluding hydrogens is 444 g/mol. The molecule has 2 aromatic rings. The number of aliphatic hydroxyl groups excluding tert-OH is 1. The second-order valence-corrected chi connectivity index (χ2v) is 8.75. The van der Waals surface area contributed by atoms with E-state index in [2.05, 4.69) is 16.9 Å². The lowest BCUT2D eigenvalue weighted by Crippen LogP contribution is -2.26. The molecule has 2 fully saturated rings. The zero-order chi connectivity index (χ0) is 24.5. The molecule has 2 saturated carbocycles. The summed E-state index contributed by atoms with van der Waals surface area (Å²) in [6.45, 7) is 2.23. The standard InChI is InChI=1S/C12H16N2O3.C11H14N2O4/c1-9-2-4-10(5-3-9)17-12-6-7-13-8-11(12)14(15)16;14-8-1-3-9(4-2-8)17-11-5-6-12-7-10(11)13(15)16/h6-10H,2-5H2,1H3;5-9,14H,1-4H2. The molecular formula is C23H30N4O7. The van der Waals surface area contributed by atoms with Crippen LogP contribution in [0.5, 0.6) is 11.5 Å². The van der Waals surface area contributed by atoms with E-state index < -0.39 is 9.85 Å². The van der Waals surface area contributed by atoms with Crippen molar-refractivity contribution in [1.29, 1.82) is 0 Å². The van der Waals surface area contributed by atoms with E-state index in [-0.39, 0.29) is 35.4 Å². The molecule has 2 aliphatic rings. The van der Waals surface area contributed by atoms with Crippen LogP contribution in [0.2, 0.25) is 0 Å². The molecule has 0 atom stereocenters. The van der Waals surface area contributed by atoms with Gasteiger partial charge in [0.15, 0.2) is 0 Å². The van der Waals surface area contributed by atoms with E-state index in [1.165, 1.54) is 30.9 Å². The molecule has 2 aliphatic carbocycles. The Balaban J connectivity index is 0.000000191. The average molecular weight is 475 g/mol. The van der Waals surface area contributed by atoms with Gasteiger partial charge in [-0.2, -0.15) is 0 Å². The molecule has 34 heavy (non-hydrogen) atoms. The lowest BCUT2D eigenvalue weighted by Gasteiger charge is -2.26. The number of aliphatic hydroxyl groups is 1. The first-order valence-electron chi connectivity index (χ1n) is 11.5. The van der Waals surface area contributed by atoms with Crippen molar-refractivity contribution in [3.05, 3.63) is 57.1 Å². The van der Waals surface area contributed by atoms with E-state index in [1.807, 2.05) is 0 Å². The lowest BCUT2D eigenvalue weighted by molar-refractivity contribution is -0.386. The van der Waals surface area contributed by atoms with Gasteiger partial charge >= 0.3 is 11.4 Å². The van der Waals surface area contributed by atoms with Crippen molar-refractivity contribution in [2.45, 2.75) is 76.6 Å². The number of nitrogens with zero attached hydrogens (tertiary/aromatic N) is 4. The van der Waals surface area contributed by atoms with E-state index in [0.29, 0.717) is 18.6 Å². The molecule has 4 rings (SSSR count). The van der Waals surface area contributed by atoms with Crippen molar-refractivity contribution in [3.63, 3.8) is 0 Å². The van der Waals surface area contributed by atoms with Crippen LogP contribution in [0.25, 0.3) is 0 Å². The number of ether oxygens (including phenoxy) is 2. The van der Waals surface area contributed by atoms with Crippen LogP contribution >= 0.6 is 0 Å². The Kier molecular flexibility index (Phi) is 9.08. The van der Waals surface area contributed by atoms with E-state index in [4.69, 9.17) is 9.47 Å². The molecule has 0 saturated heterocycles. The number of aromatic nitrogens is 2. The molecule has 0 bridgehead atoms. The maximum absolute atomic E-state index is 10.8. The third-order valence-corrected chi connectivity index (χ3v) is 6.11. The average Bonchev–Trinajstić information content (AvgIpc) is 2.83. The fraction of sp³-hybridized carbons (Fsp3) is 0.565. The predicted molar refractivity (Wildman–Crippen MR) is 123 cm³/mol. The summed E-state index contributed by atoms with van der Waals surface area (Å²) in [5.41, 5.74) is -0.162. The highest BCUT2D eigenvalue weighted by Gasteiger charge is 2.24. The largest absolute Gasteiger partial charge is 0.483 e. The molecule has 11 nitrogen and oxygen atoms in total. The van der Waals surface area contributed by atoms with Crippen LogP contribution < -0.4 is 9.47 Å². The quantitative estimate of drug-likeness (QED) is 0.467. The highest BCUT2D eigenvalue weighted by Crippen LogP contribution is 2.32. The van der Waals surface area contributed by atoms with Crippen molar-refractivity contribution in [3.8, 4) is 11.5 Å². The third kappa shape index (κ3) is 7.34. The highest BCUT2D eigenvalue weighted by atomic mass is 16.6. The first-order chi connectivity index (χ1) is 16.3. The summed E-state index contributed by atoms with van der Waals surface area (Å²) >= 11 is 0. The molecule has 2 aromatic heterocycles. The molecule has 0 radical (unpaired) electrons. The minimum atomic E-state index is -0.500. The topological polar surface area (TPSA) is 151 Å². The molecule has 1 N–H and O–H groups in total. The van der Waals surface area contributed by atoms with Gasteiger partial charge in [0.25, 0.3) is 0 Å². The number of nitro groups is 2. The normalized spacial score (nSPS) is 24.3. The van der Waals surface area contributed by atoms with Gasteiger partial charge in [0.2, 0.25) is 11.5 Å². The summed E-state index contributed by atoms with van der Waals surface area (Å²) in [5.74, 6) is 1.33. The van der Waals surface area contributed by atoms with Gasteiger partial charge in [0, 0.05) is 24.5 Å². The Labute approximate surface area is 197 Å². The first kappa shape index (κ1) is 25.3. The van der Waals surface area contributed by atoms with Crippen LogP contribution in [0.1, 0.15) is 58.3 Å². The Morgan fingerprint density at radius 3 is 1.62 bits per heavy atom. The van der Waals surface area contributed by atoms with Crippen LogP contribution in [-0.4, -0.2) is 43.2 Å². The Bertz CT molecular complexity index is 880. The van der Waals surface area contributed by atoms with Crippen LogP contribution in [-0.2, 0) is 0 Å². The van der Waals surface area contributed by atoms with Gasteiger partial charge < -0.3 is 14.6 Å². The van der Waals surface area contributed by atoms with Gasteiger partial charge in [0.1, 0.15) is 12.4 Å². The fourth-order valence-electron chi connectivity index (χ4n) is 4.09. The smallest absolute Gasteiger partial charge is 0.329 e. The summed E-state index contributed by atoms with van der Waals surface area (Å²) in [7, 11) is 0. The summed E-state index contributed by atoms with van der Waals surface area (Å²) in [6.07, 6.45) is 12.2. The molecule has 0 aromatic carbocycles. The zero-order valence-electron chi connectivity index (χ0n) is 19.1. The third-order valence-electron chi connectivity index (χ3n) is 6.11. The Morgan fingerprint density at radius 2 is 1.21 bits per heavy atom. The van der Waals surface area contributed by atoms with Crippen molar-refractivity contribution in [2.24, 2.45) is 5.92 Å². The monoisotopic (exact) mass is 474 g/mol. The lowest BCUT2D eigenvalue weighted by atomic mass is 9.89. The number of hydrogen-bond acceptors (Lipinski definition) is 9. The zero-order valence-corrected chi connectivity index (χ0v) is 19.1. The molecule has 184 valence electrons. The van der Waals surface area contributed by atoms with Crippen molar-refractivity contribution in [1.82, 2.24) is 9.97 Å². The van der Waals surface area contributed by atoms with Gasteiger partial charge in [-0.1, -0.05) is 6.92 Å².